The summed E-state index contributed by atoms with van der Waals surface area (Å²) in [6.07, 6.45) is 1.31. The van der Waals surface area contributed by atoms with Crippen molar-refractivity contribution in [2.75, 3.05) is 7.11 Å². The summed E-state index contributed by atoms with van der Waals surface area (Å²) in [7, 11) is 1.67. The van der Waals surface area contributed by atoms with E-state index in [9.17, 15) is 4.79 Å². The highest BCUT2D eigenvalue weighted by atomic mass is 16.5. The largest absolute Gasteiger partial charge is 0.497 e. The first-order chi connectivity index (χ1) is 13.5. The Kier molecular flexibility index (Phi) is 4.75. The maximum Gasteiger partial charge on any atom is 0.243 e. The molecule has 2 aliphatic heterocycles. The second-order valence-corrected chi connectivity index (χ2v) is 7.73. The lowest BCUT2D eigenvalue weighted by molar-refractivity contribution is -0.134. The van der Waals surface area contributed by atoms with E-state index in [1.807, 2.05) is 38.1 Å². The third kappa shape index (κ3) is 3.33. The maximum atomic E-state index is 12.2. The number of amides is 1. The first-order valence-electron chi connectivity index (χ1n) is 9.72. The summed E-state index contributed by atoms with van der Waals surface area (Å²) in [5, 5.41) is 6.28. The van der Waals surface area contributed by atoms with Gasteiger partial charge in [-0.2, -0.15) is 5.10 Å². The van der Waals surface area contributed by atoms with Gasteiger partial charge in [-0.25, -0.2) is 5.01 Å². The van der Waals surface area contributed by atoms with E-state index in [2.05, 4.69) is 30.2 Å². The number of nitrogens with zero attached hydrogens (tertiary/aromatic N) is 3. The van der Waals surface area contributed by atoms with Crippen molar-refractivity contribution in [1.29, 1.82) is 0 Å². The molecule has 0 bridgehead atoms. The van der Waals surface area contributed by atoms with Crippen molar-refractivity contribution < 1.29 is 9.53 Å². The van der Waals surface area contributed by atoms with Crippen LogP contribution in [0.3, 0.4) is 0 Å². The van der Waals surface area contributed by atoms with Gasteiger partial charge in [0.2, 0.25) is 5.91 Å². The molecule has 1 unspecified atom stereocenters. The topological polar surface area (TPSA) is 54.3 Å². The van der Waals surface area contributed by atoms with Crippen molar-refractivity contribution in [3.05, 3.63) is 59.2 Å². The van der Waals surface area contributed by atoms with Crippen molar-refractivity contribution in [3.63, 3.8) is 0 Å². The van der Waals surface area contributed by atoms with Gasteiger partial charge in [0.15, 0.2) is 0 Å². The zero-order chi connectivity index (χ0) is 19.8. The number of methoxy groups -OCH3 is 1. The van der Waals surface area contributed by atoms with Crippen molar-refractivity contribution in [1.82, 2.24) is 5.01 Å². The van der Waals surface area contributed by atoms with E-state index in [1.54, 1.807) is 12.1 Å². The number of fused-ring (bicyclic) bond motifs is 1. The Hall–Kier alpha value is -2.95. The Balaban J connectivity index is 1.65. The van der Waals surface area contributed by atoms with Crippen LogP contribution in [-0.4, -0.2) is 35.5 Å². The van der Waals surface area contributed by atoms with E-state index in [4.69, 9.17) is 9.73 Å². The van der Waals surface area contributed by atoms with Crippen LogP contribution in [0.5, 0.6) is 5.75 Å². The zero-order valence-electron chi connectivity index (χ0n) is 16.8. The number of ether oxygens (including phenoxy) is 1. The van der Waals surface area contributed by atoms with Crippen molar-refractivity contribution in [2.45, 2.75) is 39.7 Å². The fourth-order valence-electron chi connectivity index (χ4n) is 3.76. The number of hydrogen-bond donors (Lipinski definition) is 0. The molecule has 5 nitrogen and oxygen atoms in total. The van der Waals surface area contributed by atoms with Crippen LogP contribution in [0.25, 0.3) is 0 Å². The summed E-state index contributed by atoms with van der Waals surface area (Å²) in [5.41, 5.74) is 6.39. The van der Waals surface area contributed by atoms with Crippen LogP contribution in [0.15, 0.2) is 52.6 Å². The molecule has 1 atom stereocenters. The number of carbonyl (C=O) groups is 1. The molecule has 0 aliphatic carbocycles. The summed E-state index contributed by atoms with van der Waals surface area (Å²) in [6, 6.07) is 14.4. The monoisotopic (exact) mass is 375 g/mol. The van der Waals surface area contributed by atoms with Crippen molar-refractivity contribution >= 4 is 23.0 Å². The first-order valence-corrected chi connectivity index (χ1v) is 9.72. The minimum atomic E-state index is 0.0594. The van der Waals surface area contributed by atoms with Crippen LogP contribution < -0.4 is 4.74 Å². The van der Waals surface area contributed by atoms with Gasteiger partial charge in [0.05, 0.1) is 24.2 Å². The quantitative estimate of drug-likeness (QED) is 0.798. The summed E-state index contributed by atoms with van der Waals surface area (Å²) in [6.45, 7) is 6.04. The lowest BCUT2D eigenvalue weighted by Crippen LogP contribution is -2.40. The van der Waals surface area contributed by atoms with Gasteiger partial charge in [-0.15, -0.1) is 0 Å². The highest BCUT2D eigenvalue weighted by molar-refractivity contribution is 6.09. The fraction of sp³-hybridized carbons (Fsp3) is 0.348. The molecule has 0 spiro atoms. The van der Waals surface area contributed by atoms with Crippen LogP contribution in [-0.2, 0) is 11.2 Å². The molecule has 144 valence electrons. The van der Waals surface area contributed by atoms with E-state index in [0.29, 0.717) is 6.42 Å². The molecule has 2 heterocycles. The molecule has 4 rings (SSSR count). The second-order valence-electron chi connectivity index (χ2n) is 7.73. The molecular formula is C23H25N3O2. The average molecular weight is 375 g/mol. The molecule has 5 heteroatoms. The lowest BCUT2D eigenvalue weighted by atomic mass is 9.92. The Morgan fingerprint density at radius 3 is 2.50 bits per heavy atom. The molecule has 2 aromatic rings. The van der Waals surface area contributed by atoms with Crippen LogP contribution in [0, 0.1) is 5.92 Å². The molecule has 0 saturated carbocycles. The summed E-state index contributed by atoms with van der Waals surface area (Å²) in [5.74, 6) is 1.04. The Bertz CT molecular complexity index is 974. The van der Waals surface area contributed by atoms with Crippen LogP contribution in [0.4, 0.5) is 5.69 Å². The van der Waals surface area contributed by atoms with Gasteiger partial charge in [0.1, 0.15) is 5.75 Å². The SMILES string of the molecule is COc1ccc(C2=Nc3cc(C4=NN(C(C)C)C(=O)CC4C)ccc3C2)cc1. The third-order valence-corrected chi connectivity index (χ3v) is 5.33. The van der Waals surface area contributed by atoms with E-state index < -0.39 is 0 Å². The highest BCUT2D eigenvalue weighted by Crippen LogP contribution is 2.32. The molecule has 0 radical (unpaired) electrons. The molecule has 2 aromatic carbocycles. The molecule has 1 amide bonds. The van der Waals surface area contributed by atoms with Gasteiger partial charge in [-0.1, -0.05) is 19.1 Å². The Morgan fingerprint density at radius 2 is 1.82 bits per heavy atom. The molecule has 0 saturated heterocycles. The van der Waals surface area contributed by atoms with Gasteiger partial charge in [0, 0.05) is 30.4 Å². The van der Waals surface area contributed by atoms with E-state index in [1.165, 1.54) is 5.56 Å². The lowest BCUT2D eigenvalue weighted by Gasteiger charge is -2.30. The average Bonchev–Trinajstić information content (AvgIpc) is 3.11. The number of benzene rings is 2. The van der Waals surface area contributed by atoms with Gasteiger partial charge < -0.3 is 4.74 Å². The van der Waals surface area contributed by atoms with Crippen LogP contribution in [0.2, 0.25) is 0 Å². The molecule has 28 heavy (non-hydrogen) atoms. The fourth-order valence-corrected chi connectivity index (χ4v) is 3.76. The summed E-state index contributed by atoms with van der Waals surface area (Å²) < 4.78 is 5.24. The zero-order valence-corrected chi connectivity index (χ0v) is 16.8. The Labute approximate surface area is 165 Å². The molecule has 0 aromatic heterocycles. The van der Waals surface area contributed by atoms with Gasteiger partial charge in [-0.05, 0) is 55.3 Å². The summed E-state index contributed by atoms with van der Waals surface area (Å²) >= 11 is 0. The summed E-state index contributed by atoms with van der Waals surface area (Å²) in [4.78, 5) is 17.1. The minimum Gasteiger partial charge on any atom is -0.497 e. The van der Waals surface area contributed by atoms with Crippen molar-refractivity contribution in [3.8, 4) is 5.75 Å². The minimum absolute atomic E-state index is 0.0594. The van der Waals surface area contributed by atoms with Crippen molar-refractivity contribution in [2.24, 2.45) is 16.0 Å². The van der Waals surface area contributed by atoms with Gasteiger partial charge in [0.25, 0.3) is 0 Å². The maximum absolute atomic E-state index is 12.2. The molecule has 0 fully saturated rings. The van der Waals surface area contributed by atoms with E-state index in [0.717, 1.165) is 40.4 Å². The van der Waals surface area contributed by atoms with E-state index in [-0.39, 0.29) is 17.9 Å². The molecule has 2 aliphatic rings. The molecular weight excluding hydrogens is 350 g/mol. The number of hydrazone groups is 1. The van der Waals surface area contributed by atoms with Gasteiger partial charge >= 0.3 is 0 Å². The second kappa shape index (κ2) is 7.23. The Morgan fingerprint density at radius 1 is 1.11 bits per heavy atom. The normalized spacial score (nSPS) is 18.8. The van der Waals surface area contributed by atoms with Gasteiger partial charge in [-0.3, -0.25) is 9.79 Å². The third-order valence-electron chi connectivity index (χ3n) is 5.33. The van der Waals surface area contributed by atoms with Crippen LogP contribution in [0.1, 0.15) is 43.9 Å². The number of carbonyl (C=O) groups excluding carboxylic acids is 1. The predicted octanol–water partition coefficient (Wildman–Crippen LogP) is 4.35. The number of hydrogen-bond acceptors (Lipinski definition) is 4. The predicted molar refractivity (Wildman–Crippen MR) is 112 cm³/mol. The first kappa shape index (κ1) is 18.4. The molecule has 0 N–H and O–H groups in total. The number of rotatable bonds is 4. The highest BCUT2D eigenvalue weighted by Gasteiger charge is 2.29. The number of aliphatic imine (C=N–C) groups is 1. The standard InChI is InChI=1S/C23H25N3O2/c1-14(2)26-22(27)11-15(3)23(25-26)18-6-5-17-12-20(24-21(17)13-18)16-7-9-19(28-4)10-8-16/h5-10,13-15H,11-12H2,1-4H3. The smallest absolute Gasteiger partial charge is 0.243 e. The van der Waals surface area contributed by atoms with E-state index >= 15 is 0 Å². The van der Waals surface area contributed by atoms with Crippen LogP contribution >= 0.6 is 0 Å².